The third-order valence-corrected chi connectivity index (χ3v) is 2.64. The fraction of sp³-hybridized carbons (Fsp3) is 0.889. The highest BCUT2D eigenvalue weighted by molar-refractivity contribution is 9.09. The van der Waals surface area contributed by atoms with Crippen LogP contribution in [0.15, 0.2) is 0 Å². The Morgan fingerprint density at radius 3 is 2.62 bits per heavy atom. The summed E-state index contributed by atoms with van der Waals surface area (Å²) < 4.78 is 0. The molecule has 0 radical (unpaired) electrons. The van der Waals surface area contributed by atoms with Crippen LogP contribution in [0.3, 0.4) is 0 Å². The van der Waals surface area contributed by atoms with Gasteiger partial charge in [-0.05, 0) is 13.3 Å². The molecule has 13 heavy (non-hydrogen) atoms. The summed E-state index contributed by atoms with van der Waals surface area (Å²) in [6, 6.07) is 0.337. The van der Waals surface area contributed by atoms with E-state index in [1.54, 1.807) is 0 Å². The molecule has 4 heteroatoms. The van der Waals surface area contributed by atoms with Crippen molar-refractivity contribution in [1.29, 1.82) is 0 Å². The SMILES string of the molecule is CCCCCC(C)NC(Br)C(N)=O. The highest BCUT2D eigenvalue weighted by Gasteiger charge is 2.12. The first-order valence-corrected chi connectivity index (χ1v) is 5.69. The van der Waals surface area contributed by atoms with Gasteiger partial charge in [-0.15, -0.1) is 0 Å². The van der Waals surface area contributed by atoms with Crippen LogP contribution in [0.2, 0.25) is 0 Å². The van der Waals surface area contributed by atoms with Crippen LogP contribution in [0, 0.1) is 0 Å². The van der Waals surface area contributed by atoms with Crippen LogP contribution < -0.4 is 11.1 Å². The minimum absolute atomic E-state index is 0.337. The van der Waals surface area contributed by atoms with Gasteiger partial charge in [-0.1, -0.05) is 42.1 Å². The Morgan fingerprint density at radius 1 is 1.54 bits per heavy atom. The van der Waals surface area contributed by atoms with E-state index in [1.807, 2.05) is 0 Å². The van der Waals surface area contributed by atoms with Gasteiger partial charge in [-0.25, -0.2) is 0 Å². The van der Waals surface area contributed by atoms with Crippen LogP contribution in [-0.4, -0.2) is 16.9 Å². The first kappa shape index (κ1) is 12.9. The Labute approximate surface area is 88.6 Å². The number of carbonyl (C=O) groups excluding carboxylic acids is 1. The number of unbranched alkanes of at least 4 members (excludes halogenated alkanes) is 2. The van der Waals surface area contributed by atoms with Gasteiger partial charge in [0.2, 0.25) is 5.91 Å². The standard InChI is InChI=1S/C9H19BrN2O/c1-3-4-5-6-7(2)12-8(10)9(11)13/h7-8,12H,3-6H2,1-2H3,(H2,11,13). The number of alkyl halides is 1. The molecule has 0 fully saturated rings. The Kier molecular flexibility index (Phi) is 7.28. The molecule has 2 unspecified atom stereocenters. The van der Waals surface area contributed by atoms with Crippen molar-refractivity contribution in [3.05, 3.63) is 0 Å². The van der Waals surface area contributed by atoms with Crippen LogP contribution in [0.25, 0.3) is 0 Å². The number of hydrogen-bond donors (Lipinski definition) is 2. The third kappa shape index (κ3) is 7.02. The predicted octanol–water partition coefficient (Wildman–Crippen LogP) is 1.75. The summed E-state index contributed by atoms with van der Waals surface area (Å²) in [5, 5.41) is 3.08. The maximum atomic E-state index is 10.7. The second-order valence-corrected chi connectivity index (χ2v) is 4.24. The van der Waals surface area contributed by atoms with Crippen molar-refractivity contribution >= 4 is 21.8 Å². The van der Waals surface area contributed by atoms with E-state index in [4.69, 9.17) is 5.73 Å². The van der Waals surface area contributed by atoms with Crippen LogP contribution in [-0.2, 0) is 4.79 Å². The van der Waals surface area contributed by atoms with E-state index < -0.39 is 4.95 Å². The highest BCUT2D eigenvalue weighted by atomic mass is 79.9. The number of nitrogens with one attached hydrogen (secondary N) is 1. The summed E-state index contributed by atoms with van der Waals surface area (Å²) in [4.78, 5) is 10.3. The van der Waals surface area contributed by atoms with Gasteiger partial charge in [-0.3, -0.25) is 10.1 Å². The smallest absolute Gasteiger partial charge is 0.245 e. The van der Waals surface area contributed by atoms with Crippen molar-refractivity contribution in [2.24, 2.45) is 5.73 Å². The molecule has 3 nitrogen and oxygen atoms in total. The molecule has 0 spiro atoms. The fourth-order valence-corrected chi connectivity index (χ4v) is 1.57. The molecule has 0 heterocycles. The number of carbonyl (C=O) groups is 1. The number of hydrogen-bond acceptors (Lipinski definition) is 2. The molecule has 0 saturated carbocycles. The summed E-state index contributed by atoms with van der Waals surface area (Å²) in [6.07, 6.45) is 4.75. The fourth-order valence-electron chi connectivity index (χ4n) is 1.12. The minimum atomic E-state index is -0.399. The Morgan fingerprint density at radius 2 is 2.15 bits per heavy atom. The first-order valence-electron chi connectivity index (χ1n) is 4.77. The van der Waals surface area contributed by atoms with Gasteiger partial charge in [0.15, 0.2) is 0 Å². The molecule has 0 aliphatic rings. The van der Waals surface area contributed by atoms with E-state index in [9.17, 15) is 4.79 Å². The molecular formula is C9H19BrN2O. The van der Waals surface area contributed by atoms with E-state index in [0.717, 1.165) is 6.42 Å². The van der Waals surface area contributed by atoms with Gasteiger partial charge in [0.25, 0.3) is 0 Å². The number of amides is 1. The van der Waals surface area contributed by atoms with Gasteiger partial charge in [0.05, 0.1) is 0 Å². The second kappa shape index (κ2) is 7.33. The molecule has 0 aromatic carbocycles. The van der Waals surface area contributed by atoms with Crippen molar-refractivity contribution in [2.75, 3.05) is 0 Å². The lowest BCUT2D eigenvalue weighted by Crippen LogP contribution is -2.41. The summed E-state index contributed by atoms with van der Waals surface area (Å²) in [5.74, 6) is -0.359. The van der Waals surface area contributed by atoms with E-state index in [2.05, 4.69) is 35.1 Å². The Balaban J connectivity index is 3.49. The number of primary amides is 1. The molecule has 78 valence electrons. The zero-order valence-electron chi connectivity index (χ0n) is 8.35. The zero-order valence-corrected chi connectivity index (χ0v) is 9.93. The average Bonchev–Trinajstić information content (AvgIpc) is 2.04. The number of nitrogens with two attached hydrogens (primary N) is 1. The van der Waals surface area contributed by atoms with E-state index >= 15 is 0 Å². The normalized spacial score (nSPS) is 15.3. The van der Waals surface area contributed by atoms with Crippen LogP contribution in [0.5, 0.6) is 0 Å². The van der Waals surface area contributed by atoms with Crippen molar-refractivity contribution in [2.45, 2.75) is 50.5 Å². The Hall–Kier alpha value is -0.0900. The van der Waals surface area contributed by atoms with Crippen molar-refractivity contribution < 1.29 is 4.79 Å². The molecule has 0 aliphatic heterocycles. The van der Waals surface area contributed by atoms with Crippen molar-refractivity contribution in [3.8, 4) is 0 Å². The molecule has 0 rings (SSSR count). The molecule has 3 N–H and O–H groups in total. The number of halogens is 1. The lowest BCUT2D eigenvalue weighted by atomic mass is 10.1. The van der Waals surface area contributed by atoms with Gasteiger partial charge < -0.3 is 5.73 Å². The van der Waals surface area contributed by atoms with Crippen LogP contribution in [0.1, 0.15) is 39.5 Å². The lowest BCUT2D eigenvalue weighted by molar-refractivity contribution is -0.118. The van der Waals surface area contributed by atoms with Crippen molar-refractivity contribution in [3.63, 3.8) is 0 Å². The molecular weight excluding hydrogens is 232 g/mol. The quantitative estimate of drug-likeness (QED) is 0.411. The first-order chi connectivity index (χ1) is 6.07. The topological polar surface area (TPSA) is 55.1 Å². The summed E-state index contributed by atoms with van der Waals surface area (Å²) in [5.41, 5.74) is 5.09. The van der Waals surface area contributed by atoms with E-state index in [0.29, 0.717) is 6.04 Å². The van der Waals surface area contributed by atoms with Gasteiger partial charge in [-0.2, -0.15) is 0 Å². The average molecular weight is 251 g/mol. The molecule has 2 atom stereocenters. The van der Waals surface area contributed by atoms with Gasteiger partial charge >= 0.3 is 0 Å². The van der Waals surface area contributed by atoms with Gasteiger partial charge in [0, 0.05) is 6.04 Å². The summed E-state index contributed by atoms with van der Waals surface area (Å²) in [7, 11) is 0. The maximum absolute atomic E-state index is 10.7. The lowest BCUT2D eigenvalue weighted by Gasteiger charge is -2.15. The van der Waals surface area contributed by atoms with Crippen LogP contribution >= 0.6 is 15.9 Å². The summed E-state index contributed by atoms with van der Waals surface area (Å²) in [6.45, 7) is 4.24. The molecule has 0 saturated heterocycles. The highest BCUT2D eigenvalue weighted by Crippen LogP contribution is 2.05. The zero-order chi connectivity index (χ0) is 10.3. The third-order valence-electron chi connectivity index (χ3n) is 1.92. The molecule has 0 aliphatic carbocycles. The van der Waals surface area contributed by atoms with E-state index in [1.165, 1.54) is 19.3 Å². The Bertz CT molecular complexity index is 153. The number of rotatable bonds is 7. The van der Waals surface area contributed by atoms with E-state index in [-0.39, 0.29) is 5.91 Å². The van der Waals surface area contributed by atoms with Crippen LogP contribution in [0.4, 0.5) is 0 Å². The molecule has 1 amide bonds. The largest absolute Gasteiger partial charge is 0.368 e. The molecule has 0 bridgehead atoms. The second-order valence-electron chi connectivity index (χ2n) is 3.33. The predicted molar refractivity (Wildman–Crippen MR) is 58.6 cm³/mol. The summed E-state index contributed by atoms with van der Waals surface area (Å²) >= 11 is 3.17. The minimum Gasteiger partial charge on any atom is -0.368 e. The monoisotopic (exact) mass is 250 g/mol. The molecule has 0 aromatic rings. The maximum Gasteiger partial charge on any atom is 0.245 e. The molecule has 0 aromatic heterocycles. The van der Waals surface area contributed by atoms with Crippen molar-refractivity contribution in [1.82, 2.24) is 5.32 Å². The van der Waals surface area contributed by atoms with Gasteiger partial charge in [0.1, 0.15) is 4.95 Å².